The van der Waals surface area contributed by atoms with Gasteiger partial charge >= 0.3 is 6.09 Å². The van der Waals surface area contributed by atoms with Gasteiger partial charge in [0.2, 0.25) is 0 Å². The van der Waals surface area contributed by atoms with E-state index in [4.69, 9.17) is 9.47 Å². The number of carbonyl (C=O) groups excluding carboxylic acids is 1. The fourth-order valence-electron chi connectivity index (χ4n) is 2.97. The minimum atomic E-state index is -0.424. The number of piperidine rings is 1. The number of hydrogen-bond donors (Lipinski definition) is 1. The fraction of sp³-hybridized carbons (Fsp3) is 0.944. The van der Waals surface area contributed by atoms with Crippen LogP contribution in [0.15, 0.2) is 0 Å². The molecule has 1 amide bonds. The standard InChI is InChI=1S/C18H34N2O3/c1-14(19-9-11-22-13-15-7-8-15)16-6-5-10-20(12-16)17(21)23-18(2,3)4/h14-16,19H,5-13H2,1-4H3. The Morgan fingerprint density at radius 2 is 2.04 bits per heavy atom. The molecule has 2 atom stereocenters. The molecule has 1 heterocycles. The third-order valence-electron chi connectivity index (χ3n) is 4.58. The lowest BCUT2D eigenvalue weighted by atomic mass is 9.92. The van der Waals surface area contributed by atoms with Gasteiger partial charge in [-0.05, 0) is 65.2 Å². The lowest BCUT2D eigenvalue weighted by Crippen LogP contribution is -2.48. The van der Waals surface area contributed by atoms with E-state index < -0.39 is 5.60 Å². The maximum Gasteiger partial charge on any atom is 0.410 e. The van der Waals surface area contributed by atoms with Crippen LogP contribution in [0.25, 0.3) is 0 Å². The highest BCUT2D eigenvalue weighted by Crippen LogP contribution is 2.28. The van der Waals surface area contributed by atoms with E-state index in [0.29, 0.717) is 12.0 Å². The van der Waals surface area contributed by atoms with Crippen molar-refractivity contribution in [2.24, 2.45) is 11.8 Å². The molecule has 1 aliphatic heterocycles. The Morgan fingerprint density at radius 3 is 2.70 bits per heavy atom. The highest BCUT2D eigenvalue weighted by Gasteiger charge is 2.30. The molecule has 1 saturated heterocycles. The van der Waals surface area contributed by atoms with Gasteiger partial charge in [0.25, 0.3) is 0 Å². The second-order valence-electron chi connectivity index (χ2n) is 8.09. The van der Waals surface area contributed by atoms with Crippen molar-refractivity contribution in [3.8, 4) is 0 Å². The van der Waals surface area contributed by atoms with E-state index in [9.17, 15) is 4.79 Å². The summed E-state index contributed by atoms with van der Waals surface area (Å²) in [4.78, 5) is 14.1. The Bertz CT molecular complexity index is 377. The molecular weight excluding hydrogens is 292 g/mol. The lowest BCUT2D eigenvalue weighted by molar-refractivity contribution is 0.0146. The molecule has 2 fully saturated rings. The van der Waals surface area contributed by atoms with Gasteiger partial charge in [0.05, 0.1) is 6.61 Å². The minimum Gasteiger partial charge on any atom is -0.444 e. The smallest absolute Gasteiger partial charge is 0.410 e. The van der Waals surface area contributed by atoms with Crippen LogP contribution in [-0.2, 0) is 9.47 Å². The summed E-state index contributed by atoms with van der Waals surface area (Å²) in [6, 6.07) is 0.393. The van der Waals surface area contributed by atoms with Gasteiger partial charge in [0, 0.05) is 32.3 Å². The van der Waals surface area contributed by atoms with Gasteiger partial charge in [-0.2, -0.15) is 0 Å². The summed E-state index contributed by atoms with van der Waals surface area (Å²) in [5.41, 5.74) is -0.424. The van der Waals surface area contributed by atoms with Crippen molar-refractivity contribution >= 4 is 6.09 Å². The molecule has 23 heavy (non-hydrogen) atoms. The van der Waals surface area contributed by atoms with Crippen molar-refractivity contribution in [2.75, 3.05) is 32.8 Å². The third kappa shape index (κ3) is 7.08. The molecule has 0 aromatic carbocycles. The summed E-state index contributed by atoms with van der Waals surface area (Å²) >= 11 is 0. The summed E-state index contributed by atoms with van der Waals surface area (Å²) in [5.74, 6) is 1.31. The van der Waals surface area contributed by atoms with Gasteiger partial charge in [0.1, 0.15) is 5.60 Å². The molecule has 1 saturated carbocycles. The number of likely N-dealkylation sites (tertiary alicyclic amines) is 1. The zero-order valence-electron chi connectivity index (χ0n) is 15.3. The van der Waals surface area contributed by atoms with E-state index in [0.717, 1.165) is 51.6 Å². The molecule has 2 unspecified atom stereocenters. The highest BCUT2D eigenvalue weighted by atomic mass is 16.6. The Kier molecular flexibility index (Phi) is 6.72. The number of rotatable bonds is 7. The van der Waals surface area contributed by atoms with Gasteiger partial charge in [-0.25, -0.2) is 4.79 Å². The zero-order valence-corrected chi connectivity index (χ0v) is 15.3. The van der Waals surface area contributed by atoms with E-state index in [1.165, 1.54) is 12.8 Å². The van der Waals surface area contributed by atoms with E-state index in [-0.39, 0.29) is 6.09 Å². The average molecular weight is 326 g/mol. The summed E-state index contributed by atoms with van der Waals surface area (Å²) in [6.07, 6.45) is 4.71. The van der Waals surface area contributed by atoms with Crippen molar-refractivity contribution in [3.63, 3.8) is 0 Å². The number of ether oxygens (including phenoxy) is 2. The molecular formula is C18H34N2O3. The molecule has 5 heteroatoms. The molecule has 134 valence electrons. The molecule has 0 radical (unpaired) electrons. The lowest BCUT2D eigenvalue weighted by Gasteiger charge is -2.36. The SMILES string of the molecule is CC(NCCOCC1CC1)C1CCCN(C(=O)OC(C)(C)C)C1. The molecule has 1 aliphatic carbocycles. The quantitative estimate of drug-likeness (QED) is 0.731. The largest absolute Gasteiger partial charge is 0.444 e. The first kappa shape index (κ1) is 18.5. The number of amides is 1. The summed E-state index contributed by atoms with van der Waals surface area (Å²) < 4.78 is 11.2. The van der Waals surface area contributed by atoms with Gasteiger partial charge in [-0.1, -0.05) is 0 Å². The normalized spacial score (nSPS) is 23.7. The molecule has 0 spiro atoms. The Morgan fingerprint density at radius 1 is 1.30 bits per heavy atom. The maximum atomic E-state index is 12.2. The van der Waals surface area contributed by atoms with Crippen LogP contribution in [0, 0.1) is 11.8 Å². The van der Waals surface area contributed by atoms with Crippen molar-refractivity contribution in [1.82, 2.24) is 10.2 Å². The third-order valence-corrected chi connectivity index (χ3v) is 4.58. The molecule has 0 aromatic heterocycles. The zero-order chi connectivity index (χ0) is 16.9. The predicted octanol–water partition coefficient (Wildman–Crippen LogP) is 3.04. The first-order chi connectivity index (χ1) is 10.8. The van der Waals surface area contributed by atoms with Gasteiger partial charge in [-0.15, -0.1) is 0 Å². The van der Waals surface area contributed by atoms with Crippen LogP contribution >= 0.6 is 0 Å². The average Bonchev–Trinajstić information content (AvgIpc) is 3.29. The van der Waals surface area contributed by atoms with Crippen LogP contribution in [0.4, 0.5) is 4.79 Å². The first-order valence-electron chi connectivity index (χ1n) is 9.14. The second kappa shape index (κ2) is 8.34. The number of carbonyl (C=O) groups is 1. The van der Waals surface area contributed by atoms with Gasteiger partial charge < -0.3 is 19.7 Å². The highest BCUT2D eigenvalue weighted by molar-refractivity contribution is 5.68. The van der Waals surface area contributed by atoms with Crippen LogP contribution < -0.4 is 5.32 Å². The van der Waals surface area contributed by atoms with Crippen molar-refractivity contribution < 1.29 is 14.3 Å². The van der Waals surface area contributed by atoms with E-state index in [1.807, 2.05) is 25.7 Å². The minimum absolute atomic E-state index is 0.179. The van der Waals surface area contributed by atoms with Crippen LogP contribution in [0.3, 0.4) is 0 Å². The van der Waals surface area contributed by atoms with Crippen molar-refractivity contribution in [2.45, 2.75) is 65.0 Å². The maximum absolute atomic E-state index is 12.2. The van der Waals surface area contributed by atoms with Crippen molar-refractivity contribution in [1.29, 1.82) is 0 Å². The van der Waals surface area contributed by atoms with Crippen LogP contribution in [0.1, 0.15) is 53.4 Å². The predicted molar refractivity (Wildman–Crippen MR) is 91.5 cm³/mol. The molecule has 0 aromatic rings. The van der Waals surface area contributed by atoms with Gasteiger partial charge in [0.15, 0.2) is 0 Å². The first-order valence-corrected chi connectivity index (χ1v) is 9.14. The van der Waals surface area contributed by atoms with Crippen LogP contribution in [-0.4, -0.2) is 55.5 Å². The van der Waals surface area contributed by atoms with E-state index in [2.05, 4.69) is 12.2 Å². The van der Waals surface area contributed by atoms with Crippen LogP contribution in [0.2, 0.25) is 0 Å². The molecule has 5 nitrogen and oxygen atoms in total. The number of nitrogens with one attached hydrogen (secondary N) is 1. The molecule has 2 rings (SSSR count). The van der Waals surface area contributed by atoms with E-state index in [1.54, 1.807) is 0 Å². The number of hydrogen-bond acceptors (Lipinski definition) is 4. The molecule has 1 N–H and O–H groups in total. The topological polar surface area (TPSA) is 50.8 Å². The number of nitrogens with zero attached hydrogens (tertiary/aromatic N) is 1. The monoisotopic (exact) mass is 326 g/mol. The summed E-state index contributed by atoms with van der Waals surface area (Å²) in [5, 5.41) is 3.55. The van der Waals surface area contributed by atoms with Crippen LogP contribution in [0.5, 0.6) is 0 Å². The summed E-state index contributed by atoms with van der Waals surface area (Å²) in [6.45, 7) is 12.1. The molecule has 0 bridgehead atoms. The summed E-state index contributed by atoms with van der Waals surface area (Å²) in [7, 11) is 0. The van der Waals surface area contributed by atoms with Crippen molar-refractivity contribution in [3.05, 3.63) is 0 Å². The Hall–Kier alpha value is -0.810. The molecule has 2 aliphatic rings. The second-order valence-corrected chi connectivity index (χ2v) is 8.09. The van der Waals surface area contributed by atoms with Gasteiger partial charge in [-0.3, -0.25) is 0 Å². The Labute approximate surface area is 141 Å². The Balaban J connectivity index is 1.65. The fourth-order valence-corrected chi connectivity index (χ4v) is 2.97. The van der Waals surface area contributed by atoms with E-state index >= 15 is 0 Å².